The molecule has 0 heterocycles. The van der Waals surface area contributed by atoms with E-state index in [4.69, 9.17) is 17.3 Å². The van der Waals surface area contributed by atoms with Gasteiger partial charge >= 0.3 is 0 Å². The molecule has 0 aliphatic rings. The fourth-order valence-electron chi connectivity index (χ4n) is 1.18. The Labute approximate surface area is 103 Å². The molecular weight excluding hydrogens is 246 g/mol. The van der Waals surface area contributed by atoms with E-state index < -0.39 is 10.8 Å². The van der Waals surface area contributed by atoms with Crippen molar-refractivity contribution >= 4 is 23.2 Å². The van der Waals surface area contributed by atoms with Gasteiger partial charge in [0.05, 0.1) is 4.92 Å². The number of amides is 1. The molecule has 0 spiro atoms. The summed E-state index contributed by atoms with van der Waals surface area (Å²) in [5.74, 6) is -0.437. The molecule has 0 aromatic heterocycles. The first kappa shape index (κ1) is 13.4. The second-order valence-electron chi connectivity index (χ2n) is 3.57. The molecule has 1 atom stereocenters. The van der Waals surface area contributed by atoms with Crippen LogP contribution in [0.2, 0.25) is 5.02 Å². The first-order valence-corrected chi connectivity index (χ1v) is 5.27. The zero-order valence-corrected chi connectivity index (χ0v) is 9.90. The van der Waals surface area contributed by atoms with E-state index in [1.807, 2.05) is 0 Å². The molecule has 7 heteroatoms. The second-order valence-corrected chi connectivity index (χ2v) is 4.00. The zero-order valence-electron chi connectivity index (χ0n) is 9.14. The van der Waals surface area contributed by atoms with Gasteiger partial charge in [0.15, 0.2) is 0 Å². The molecule has 0 aliphatic heterocycles. The Bertz CT molecular complexity index is 450. The molecule has 17 heavy (non-hydrogen) atoms. The van der Waals surface area contributed by atoms with Crippen molar-refractivity contribution < 1.29 is 9.72 Å². The van der Waals surface area contributed by atoms with Gasteiger partial charge in [-0.05, 0) is 13.0 Å². The van der Waals surface area contributed by atoms with Crippen LogP contribution in [0.3, 0.4) is 0 Å². The van der Waals surface area contributed by atoms with Crippen LogP contribution >= 0.6 is 11.6 Å². The highest BCUT2D eigenvalue weighted by atomic mass is 35.5. The number of carbonyl (C=O) groups excluding carboxylic acids is 1. The van der Waals surface area contributed by atoms with Gasteiger partial charge in [0.2, 0.25) is 0 Å². The fourth-order valence-corrected chi connectivity index (χ4v) is 1.41. The minimum Gasteiger partial charge on any atom is -0.348 e. The van der Waals surface area contributed by atoms with Crippen molar-refractivity contribution in [2.45, 2.75) is 13.0 Å². The molecule has 0 unspecified atom stereocenters. The average molecular weight is 258 g/mol. The molecule has 0 radical (unpaired) electrons. The van der Waals surface area contributed by atoms with E-state index in [0.29, 0.717) is 0 Å². The van der Waals surface area contributed by atoms with Gasteiger partial charge in [0.25, 0.3) is 11.6 Å². The number of non-ortho nitro benzene ring substituents is 1. The fraction of sp³-hybridized carbons (Fsp3) is 0.300. The van der Waals surface area contributed by atoms with Gasteiger partial charge in [0.1, 0.15) is 0 Å². The summed E-state index contributed by atoms with van der Waals surface area (Å²) in [7, 11) is 0. The van der Waals surface area contributed by atoms with Crippen molar-refractivity contribution in [2.24, 2.45) is 5.73 Å². The lowest BCUT2D eigenvalue weighted by atomic mass is 10.1. The number of nitro benzene ring substituents is 1. The maximum absolute atomic E-state index is 11.7. The maximum Gasteiger partial charge on any atom is 0.271 e. The Morgan fingerprint density at radius 3 is 2.76 bits per heavy atom. The highest BCUT2D eigenvalue weighted by molar-refractivity contribution is 6.31. The van der Waals surface area contributed by atoms with Crippen molar-refractivity contribution in [3.63, 3.8) is 0 Å². The molecule has 6 nitrogen and oxygen atoms in total. The maximum atomic E-state index is 11.7. The van der Waals surface area contributed by atoms with E-state index in [1.54, 1.807) is 6.92 Å². The van der Waals surface area contributed by atoms with Crippen LogP contribution in [0.5, 0.6) is 0 Å². The molecule has 1 amide bonds. The second kappa shape index (κ2) is 5.60. The van der Waals surface area contributed by atoms with E-state index in [2.05, 4.69) is 5.32 Å². The lowest BCUT2D eigenvalue weighted by Gasteiger charge is -2.11. The molecule has 92 valence electrons. The van der Waals surface area contributed by atoms with Gasteiger partial charge in [0, 0.05) is 35.3 Å². The van der Waals surface area contributed by atoms with Crippen LogP contribution in [0.25, 0.3) is 0 Å². The molecule has 0 fully saturated rings. The van der Waals surface area contributed by atoms with Crippen LogP contribution in [0.15, 0.2) is 18.2 Å². The molecular formula is C10H12ClN3O3. The summed E-state index contributed by atoms with van der Waals surface area (Å²) in [5.41, 5.74) is 5.28. The molecule has 3 N–H and O–H groups in total. The first-order valence-electron chi connectivity index (χ1n) is 4.90. The van der Waals surface area contributed by atoms with E-state index in [0.717, 1.165) is 0 Å². The highest BCUT2D eigenvalue weighted by Gasteiger charge is 2.14. The molecule has 0 saturated carbocycles. The quantitative estimate of drug-likeness (QED) is 0.628. The number of rotatable bonds is 4. The number of carbonyl (C=O) groups is 1. The van der Waals surface area contributed by atoms with Gasteiger partial charge in [-0.15, -0.1) is 0 Å². The van der Waals surface area contributed by atoms with E-state index in [9.17, 15) is 14.9 Å². The summed E-state index contributed by atoms with van der Waals surface area (Å²) >= 11 is 5.70. The van der Waals surface area contributed by atoms with Gasteiger partial charge in [-0.3, -0.25) is 14.9 Å². The number of nitrogens with two attached hydrogens (primary N) is 1. The standard InChI is InChI=1S/C10H12ClN3O3/c1-6(5-12)13-10(15)7-2-8(11)4-9(3-7)14(16)17/h2-4,6H,5,12H2,1H3,(H,13,15)/t6-/m1/s1. The van der Waals surface area contributed by atoms with Crippen molar-refractivity contribution in [3.8, 4) is 0 Å². The molecule has 1 aromatic carbocycles. The summed E-state index contributed by atoms with van der Waals surface area (Å²) in [4.78, 5) is 21.7. The number of hydrogen-bond donors (Lipinski definition) is 2. The Morgan fingerprint density at radius 1 is 1.59 bits per heavy atom. The third kappa shape index (κ3) is 3.69. The molecule has 0 bridgehead atoms. The lowest BCUT2D eigenvalue weighted by Crippen LogP contribution is -2.37. The number of benzene rings is 1. The highest BCUT2D eigenvalue weighted by Crippen LogP contribution is 2.20. The van der Waals surface area contributed by atoms with Crippen LogP contribution in [0.4, 0.5) is 5.69 Å². The predicted octanol–water partition coefficient (Wildman–Crippen LogP) is 1.33. The van der Waals surface area contributed by atoms with E-state index in [-0.39, 0.29) is 28.9 Å². The van der Waals surface area contributed by atoms with Crippen LogP contribution < -0.4 is 11.1 Å². The van der Waals surface area contributed by atoms with Crippen LogP contribution in [-0.2, 0) is 0 Å². The van der Waals surface area contributed by atoms with Gasteiger partial charge in [-0.25, -0.2) is 0 Å². The molecule has 0 saturated heterocycles. The van der Waals surface area contributed by atoms with Crippen LogP contribution in [0, 0.1) is 10.1 Å². The third-order valence-electron chi connectivity index (χ3n) is 2.09. The van der Waals surface area contributed by atoms with Gasteiger partial charge in [-0.2, -0.15) is 0 Å². The van der Waals surface area contributed by atoms with E-state index in [1.165, 1.54) is 18.2 Å². The summed E-state index contributed by atoms with van der Waals surface area (Å²) < 4.78 is 0. The molecule has 0 aliphatic carbocycles. The summed E-state index contributed by atoms with van der Waals surface area (Å²) in [6, 6.07) is 3.52. The van der Waals surface area contributed by atoms with Crippen molar-refractivity contribution in [3.05, 3.63) is 38.9 Å². The monoisotopic (exact) mass is 257 g/mol. The Balaban J connectivity index is 2.97. The Kier molecular flexibility index (Phi) is 4.42. The minimum absolute atomic E-state index is 0.143. The number of nitrogens with one attached hydrogen (secondary N) is 1. The summed E-state index contributed by atoms with van der Waals surface area (Å²) in [6.07, 6.45) is 0. The number of nitro groups is 1. The van der Waals surface area contributed by atoms with Crippen molar-refractivity contribution in [2.75, 3.05) is 6.54 Å². The van der Waals surface area contributed by atoms with Crippen LogP contribution in [-0.4, -0.2) is 23.4 Å². The third-order valence-corrected chi connectivity index (χ3v) is 2.30. The van der Waals surface area contributed by atoms with E-state index >= 15 is 0 Å². The Hall–Kier alpha value is -1.66. The SMILES string of the molecule is C[C@H](CN)NC(=O)c1cc(Cl)cc([N+](=O)[O-])c1. The molecule has 1 rings (SSSR count). The lowest BCUT2D eigenvalue weighted by molar-refractivity contribution is -0.384. The predicted molar refractivity (Wildman–Crippen MR) is 64.1 cm³/mol. The normalized spacial score (nSPS) is 11.9. The largest absolute Gasteiger partial charge is 0.348 e. The Morgan fingerprint density at radius 2 is 2.24 bits per heavy atom. The molecule has 1 aromatic rings. The number of nitrogens with zero attached hydrogens (tertiary/aromatic N) is 1. The first-order chi connectivity index (χ1) is 7.93. The average Bonchev–Trinajstić information content (AvgIpc) is 2.27. The number of hydrogen-bond acceptors (Lipinski definition) is 4. The summed E-state index contributed by atoms with van der Waals surface area (Å²) in [5, 5.41) is 13.3. The topological polar surface area (TPSA) is 98.3 Å². The van der Waals surface area contributed by atoms with Crippen molar-refractivity contribution in [1.82, 2.24) is 5.32 Å². The summed E-state index contributed by atoms with van der Waals surface area (Å²) in [6.45, 7) is 2.02. The smallest absolute Gasteiger partial charge is 0.271 e. The zero-order chi connectivity index (χ0) is 13.0. The van der Waals surface area contributed by atoms with Crippen molar-refractivity contribution in [1.29, 1.82) is 0 Å². The number of halogens is 1. The van der Waals surface area contributed by atoms with Crippen LogP contribution in [0.1, 0.15) is 17.3 Å². The minimum atomic E-state index is -0.602. The van der Waals surface area contributed by atoms with Gasteiger partial charge < -0.3 is 11.1 Å². The van der Waals surface area contributed by atoms with Gasteiger partial charge in [-0.1, -0.05) is 11.6 Å².